The van der Waals surface area contributed by atoms with Crippen LogP contribution in [0.15, 0.2) is 70.8 Å². The van der Waals surface area contributed by atoms with Gasteiger partial charge in [0.25, 0.3) is 5.91 Å². The van der Waals surface area contributed by atoms with Crippen molar-refractivity contribution in [2.45, 2.75) is 20.1 Å². The first-order valence-electron chi connectivity index (χ1n) is 10.5. The van der Waals surface area contributed by atoms with Crippen molar-refractivity contribution in [3.05, 3.63) is 96.7 Å². The van der Waals surface area contributed by atoms with Crippen molar-refractivity contribution in [3.63, 3.8) is 0 Å². The maximum absolute atomic E-state index is 12.9. The standard InChI is InChI=1S/C26H22BrIN2O4/c1-16-3-5-17(6-4-16)14-30-25(31)22(29-26(30)32)12-19-11-21(27)24(23(13-19)33-2)34-15-18-7-9-20(28)10-8-18/h3-13H,14-15H2,1-2H3,(H,29,32)/b22-12+. The molecule has 0 aliphatic carbocycles. The van der Waals surface area contributed by atoms with E-state index in [4.69, 9.17) is 9.47 Å². The molecule has 0 aromatic heterocycles. The maximum Gasteiger partial charge on any atom is 0.329 e. The Morgan fingerprint density at radius 1 is 1.03 bits per heavy atom. The number of nitrogens with one attached hydrogen (secondary N) is 1. The van der Waals surface area contributed by atoms with Gasteiger partial charge in [0, 0.05) is 3.57 Å². The number of carbonyl (C=O) groups is 2. The Labute approximate surface area is 220 Å². The van der Waals surface area contributed by atoms with Crippen molar-refractivity contribution in [2.24, 2.45) is 0 Å². The van der Waals surface area contributed by atoms with Crippen molar-refractivity contribution in [1.29, 1.82) is 0 Å². The lowest BCUT2D eigenvalue weighted by Gasteiger charge is -2.14. The van der Waals surface area contributed by atoms with E-state index in [0.717, 1.165) is 20.3 Å². The van der Waals surface area contributed by atoms with Gasteiger partial charge in [-0.1, -0.05) is 42.0 Å². The van der Waals surface area contributed by atoms with Gasteiger partial charge in [0.05, 0.1) is 18.1 Å². The normalized spacial score (nSPS) is 14.5. The summed E-state index contributed by atoms with van der Waals surface area (Å²) in [5, 5.41) is 2.67. The number of hydrogen-bond donors (Lipinski definition) is 1. The van der Waals surface area contributed by atoms with E-state index in [1.54, 1.807) is 19.3 Å². The molecule has 0 bridgehead atoms. The van der Waals surface area contributed by atoms with Gasteiger partial charge < -0.3 is 14.8 Å². The van der Waals surface area contributed by atoms with Gasteiger partial charge in [-0.25, -0.2) is 4.79 Å². The van der Waals surface area contributed by atoms with Crippen LogP contribution in [0.1, 0.15) is 22.3 Å². The molecule has 0 saturated carbocycles. The van der Waals surface area contributed by atoms with Gasteiger partial charge >= 0.3 is 6.03 Å². The predicted octanol–water partition coefficient (Wildman–Crippen LogP) is 6.04. The number of benzene rings is 3. The van der Waals surface area contributed by atoms with E-state index in [-0.39, 0.29) is 18.1 Å². The third-order valence-electron chi connectivity index (χ3n) is 5.28. The minimum Gasteiger partial charge on any atom is -0.493 e. The first-order valence-corrected chi connectivity index (χ1v) is 12.4. The average molecular weight is 633 g/mol. The minimum absolute atomic E-state index is 0.207. The molecule has 0 radical (unpaired) electrons. The summed E-state index contributed by atoms with van der Waals surface area (Å²) in [6, 6.07) is 18.9. The summed E-state index contributed by atoms with van der Waals surface area (Å²) in [7, 11) is 1.56. The molecule has 3 aromatic rings. The third-order valence-corrected chi connectivity index (χ3v) is 6.59. The Morgan fingerprint density at radius 3 is 2.38 bits per heavy atom. The minimum atomic E-state index is -0.444. The zero-order valence-electron chi connectivity index (χ0n) is 18.6. The van der Waals surface area contributed by atoms with E-state index < -0.39 is 6.03 Å². The van der Waals surface area contributed by atoms with E-state index in [0.29, 0.717) is 28.1 Å². The number of methoxy groups -OCH3 is 1. The second-order valence-corrected chi connectivity index (χ2v) is 9.91. The second-order valence-electron chi connectivity index (χ2n) is 7.81. The van der Waals surface area contributed by atoms with Crippen molar-refractivity contribution in [2.75, 3.05) is 7.11 Å². The number of aryl methyl sites for hydroxylation is 1. The van der Waals surface area contributed by atoms with Crippen molar-refractivity contribution in [3.8, 4) is 11.5 Å². The van der Waals surface area contributed by atoms with Crippen LogP contribution in [0.25, 0.3) is 6.08 Å². The molecule has 1 heterocycles. The Morgan fingerprint density at radius 2 is 1.71 bits per heavy atom. The summed E-state index contributed by atoms with van der Waals surface area (Å²) in [6.07, 6.45) is 1.63. The number of rotatable bonds is 7. The average Bonchev–Trinajstić information content (AvgIpc) is 3.07. The number of ether oxygens (including phenoxy) is 2. The molecule has 34 heavy (non-hydrogen) atoms. The molecule has 1 saturated heterocycles. The largest absolute Gasteiger partial charge is 0.493 e. The molecule has 8 heteroatoms. The second kappa shape index (κ2) is 10.6. The lowest BCUT2D eigenvalue weighted by atomic mass is 10.1. The fraction of sp³-hybridized carbons (Fsp3) is 0.154. The van der Waals surface area contributed by atoms with Crippen LogP contribution in [0.2, 0.25) is 0 Å². The third kappa shape index (κ3) is 5.61. The van der Waals surface area contributed by atoms with E-state index in [1.165, 1.54) is 4.90 Å². The number of amides is 3. The highest BCUT2D eigenvalue weighted by atomic mass is 127. The van der Waals surface area contributed by atoms with E-state index in [9.17, 15) is 9.59 Å². The van der Waals surface area contributed by atoms with Crippen molar-refractivity contribution >= 4 is 56.5 Å². The van der Waals surface area contributed by atoms with Crippen LogP contribution >= 0.6 is 38.5 Å². The van der Waals surface area contributed by atoms with Crippen LogP contribution in [0.5, 0.6) is 11.5 Å². The van der Waals surface area contributed by atoms with Crippen LogP contribution < -0.4 is 14.8 Å². The molecule has 1 N–H and O–H groups in total. The van der Waals surface area contributed by atoms with Crippen LogP contribution in [-0.4, -0.2) is 23.9 Å². The molecule has 0 unspecified atom stereocenters. The summed E-state index contributed by atoms with van der Waals surface area (Å²) in [5.41, 5.74) is 3.93. The highest BCUT2D eigenvalue weighted by Gasteiger charge is 2.33. The molecule has 174 valence electrons. The van der Waals surface area contributed by atoms with Gasteiger partial charge in [-0.2, -0.15) is 0 Å². The summed E-state index contributed by atoms with van der Waals surface area (Å²) in [6.45, 7) is 2.58. The summed E-state index contributed by atoms with van der Waals surface area (Å²) in [5.74, 6) is 0.700. The molecule has 1 aliphatic heterocycles. The summed E-state index contributed by atoms with van der Waals surface area (Å²) < 4.78 is 13.4. The number of urea groups is 1. The molecule has 1 aliphatic rings. The molecular weight excluding hydrogens is 611 g/mol. The molecule has 4 rings (SSSR count). The zero-order chi connectivity index (χ0) is 24.2. The molecular formula is C26H22BrIN2O4. The SMILES string of the molecule is COc1cc(/C=C2/NC(=O)N(Cc3ccc(C)cc3)C2=O)cc(Br)c1OCc1ccc(I)cc1. The summed E-state index contributed by atoms with van der Waals surface area (Å²) in [4.78, 5) is 26.5. The van der Waals surface area contributed by atoms with Crippen LogP contribution in [0.3, 0.4) is 0 Å². The molecule has 3 aromatic carbocycles. The molecule has 0 atom stereocenters. The van der Waals surface area contributed by atoms with Gasteiger partial charge in [-0.3, -0.25) is 9.69 Å². The molecule has 0 spiro atoms. The molecule has 1 fully saturated rings. The topological polar surface area (TPSA) is 67.9 Å². The Hall–Kier alpha value is -2.85. The summed E-state index contributed by atoms with van der Waals surface area (Å²) >= 11 is 5.80. The van der Waals surface area contributed by atoms with Crippen LogP contribution in [0, 0.1) is 10.5 Å². The predicted molar refractivity (Wildman–Crippen MR) is 142 cm³/mol. The fourth-order valence-corrected chi connectivity index (χ4v) is 4.39. The number of nitrogens with zero attached hydrogens (tertiary/aromatic N) is 1. The zero-order valence-corrected chi connectivity index (χ0v) is 22.3. The number of hydrogen-bond acceptors (Lipinski definition) is 4. The van der Waals surface area contributed by atoms with E-state index >= 15 is 0 Å². The van der Waals surface area contributed by atoms with Gasteiger partial charge in [0.15, 0.2) is 11.5 Å². The van der Waals surface area contributed by atoms with Gasteiger partial charge in [-0.05, 0) is 92.5 Å². The highest BCUT2D eigenvalue weighted by Crippen LogP contribution is 2.38. The first-order chi connectivity index (χ1) is 16.3. The van der Waals surface area contributed by atoms with Crippen LogP contribution in [-0.2, 0) is 17.9 Å². The van der Waals surface area contributed by atoms with Crippen LogP contribution in [0.4, 0.5) is 4.79 Å². The highest BCUT2D eigenvalue weighted by molar-refractivity contribution is 14.1. The quantitative estimate of drug-likeness (QED) is 0.196. The Kier molecular flexibility index (Phi) is 7.57. The fourth-order valence-electron chi connectivity index (χ4n) is 3.46. The number of imide groups is 1. The van der Waals surface area contributed by atoms with Gasteiger partial charge in [0.2, 0.25) is 0 Å². The molecule has 6 nitrogen and oxygen atoms in total. The van der Waals surface area contributed by atoms with Crippen molar-refractivity contribution in [1.82, 2.24) is 10.2 Å². The smallest absolute Gasteiger partial charge is 0.329 e. The monoisotopic (exact) mass is 632 g/mol. The maximum atomic E-state index is 12.9. The number of halogens is 2. The Bertz CT molecular complexity index is 1260. The van der Waals surface area contributed by atoms with Gasteiger partial charge in [0.1, 0.15) is 12.3 Å². The first kappa shape index (κ1) is 24.3. The lowest BCUT2D eigenvalue weighted by molar-refractivity contribution is -0.123. The molecule has 3 amide bonds. The Balaban J connectivity index is 1.52. The van der Waals surface area contributed by atoms with E-state index in [1.807, 2.05) is 61.5 Å². The van der Waals surface area contributed by atoms with Crippen molar-refractivity contribution < 1.29 is 19.1 Å². The number of carbonyl (C=O) groups excluding carboxylic acids is 2. The van der Waals surface area contributed by atoms with Gasteiger partial charge in [-0.15, -0.1) is 0 Å². The van der Waals surface area contributed by atoms with E-state index in [2.05, 4.69) is 43.8 Å². The lowest BCUT2D eigenvalue weighted by Crippen LogP contribution is -2.30.